The normalized spacial score (nSPS) is 22.6. The molecule has 1 aromatic rings. The monoisotopic (exact) mass is 246 g/mol. The number of hydrogen-bond donors (Lipinski definition) is 1. The molecule has 0 radical (unpaired) electrons. The standard InChI is InChI=1S/C16H26N2/c1-13(2)16-9-6-10-18(16)15(12-17)11-14-7-4-3-5-8-14/h3-5,7-8,13,15-16H,6,9-12,17H2,1-2H3. The van der Waals surface area contributed by atoms with E-state index in [4.69, 9.17) is 5.73 Å². The fraction of sp³-hybridized carbons (Fsp3) is 0.625. The first kappa shape index (κ1) is 13.6. The molecule has 0 bridgehead atoms. The van der Waals surface area contributed by atoms with Crippen molar-refractivity contribution in [2.45, 2.75) is 45.2 Å². The summed E-state index contributed by atoms with van der Waals surface area (Å²) in [6, 6.07) is 12.0. The molecule has 0 aromatic heterocycles. The molecule has 0 saturated carbocycles. The van der Waals surface area contributed by atoms with Crippen LogP contribution in [-0.4, -0.2) is 30.1 Å². The second-order valence-corrected chi connectivity index (χ2v) is 5.77. The van der Waals surface area contributed by atoms with Crippen LogP contribution in [0.1, 0.15) is 32.3 Å². The van der Waals surface area contributed by atoms with Crippen LogP contribution in [0, 0.1) is 5.92 Å². The van der Waals surface area contributed by atoms with Crippen molar-refractivity contribution in [3.63, 3.8) is 0 Å². The van der Waals surface area contributed by atoms with Crippen molar-refractivity contribution in [1.29, 1.82) is 0 Å². The summed E-state index contributed by atoms with van der Waals surface area (Å²) in [4.78, 5) is 2.65. The third kappa shape index (κ3) is 3.12. The van der Waals surface area contributed by atoms with E-state index in [9.17, 15) is 0 Å². The van der Waals surface area contributed by atoms with E-state index >= 15 is 0 Å². The average molecular weight is 246 g/mol. The molecule has 1 fully saturated rings. The van der Waals surface area contributed by atoms with Crippen LogP contribution >= 0.6 is 0 Å². The van der Waals surface area contributed by atoms with Gasteiger partial charge in [-0.25, -0.2) is 0 Å². The summed E-state index contributed by atoms with van der Waals surface area (Å²) in [7, 11) is 0. The van der Waals surface area contributed by atoms with Gasteiger partial charge in [-0.3, -0.25) is 4.90 Å². The molecule has 2 heteroatoms. The Labute approximate surface area is 111 Å². The van der Waals surface area contributed by atoms with E-state index in [2.05, 4.69) is 49.1 Å². The van der Waals surface area contributed by atoms with E-state index in [0.717, 1.165) is 24.9 Å². The minimum absolute atomic E-state index is 0.502. The van der Waals surface area contributed by atoms with Gasteiger partial charge in [0.15, 0.2) is 0 Å². The SMILES string of the molecule is CC(C)C1CCCN1C(CN)Cc1ccccc1. The Bertz CT molecular complexity index is 347. The zero-order chi connectivity index (χ0) is 13.0. The summed E-state index contributed by atoms with van der Waals surface area (Å²) in [5.41, 5.74) is 7.43. The largest absolute Gasteiger partial charge is 0.329 e. The maximum atomic E-state index is 6.02. The van der Waals surface area contributed by atoms with Gasteiger partial charge in [-0.1, -0.05) is 44.2 Å². The van der Waals surface area contributed by atoms with Gasteiger partial charge in [0.25, 0.3) is 0 Å². The predicted octanol–water partition coefficient (Wildman–Crippen LogP) is 2.68. The maximum Gasteiger partial charge on any atom is 0.0261 e. The molecule has 2 N–H and O–H groups in total. The summed E-state index contributed by atoms with van der Waals surface area (Å²) in [6.45, 7) is 6.65. The van der Waals surface area contributed by atoms with Gasteiger partial charge in [0, 0.05) is 18.6 Å². The van der Waals surface area contributed by atoms with Crippen molar-refractivity contribution < 1.29 is 0 Å². The Morgan fingerprint density at radius 3 is 2.61 bits per heavy atom. The van der Waals surface area contributed by atoms with Crippen LogP contribution < -0.4 is 5.73 Å². The van der Waals surface area contributed by atoms with Gasteiger partial charge < -0.3 is 5.73 Å². The van der Waals surface area contributed by atoms with Crippen LogP contribution in [0.4, 0.5) is 0 Å². The number of likely N-dealkylation sites (tertiary alicyclic amines) is 1. The molecule has 2 rings (SSSR count). The van der Waals surface area contributed by atoms with E-state index in [1.165, 1.54) is 24.9 Å². The maximum absolute atomic E-state index is 6.02. The minimum atomic E-state index is 0.502. The Morgan fingerprint density at radius 1 is 1.28 bits per heavy atom. The van der Waals surface area contributed by atoms with Crippen LogP contribution in [0.15, 0.2) is 30.3 Å². The van der Waals surface area contributed by atoms with Gasteiger partial charge in [0.05, 0.1) is 0 Å². The van der Waals surface area contributed by atoms with Gasteiger partial charge in [-0.15, -0.1) is 0 Å². The second kappa shape index (κ2) is 6.35. The molecule has 1 heterocycles. The van der Waals surface area contributed by atoms with E-state index < -0.39 is 0 Å². The summed E-state index contributed by atoms with van der Waals surface area (Å²) in [5.74, 6) is 0.734. The summed E-state index contributed by atoms with van der Waals surface area (Å²) < 4.78 is 0. The zero-order valence-electron chi connectivity index (χ0n) is 11.7. The third-order valence-corrected chi connectivity index (χ3v) is 4.17. The number of nitrogens with zero attached hydrogens (tertiary/aromatic N) is 1. The molecular formula is C16H26N2. The fourth-order valence-electron chi connectivity index (χ4n) is 3.21. The highest BCUT2D eigenvalue weighted by molar-refractivity contribution is 5.16. The van der Waals surface area contributed by atoms with E-state index in [1.54, 1.807) is 0 Å². The Balaban J connectivity index is 2.04. The molecule has 1 aliphatic rings. The Morgan fingerprint density at radius 2 is 2.00 bits per heavy atom. The van der Waals surface area contributed by atoms with Crippen LogP contribution in [0.5, 0.6) is 0 Å². The summed E-state index contributed by atoms with van der Waals surface area (Å²) >= 11 is 0. The van der Waals surface area contributed by atoms with Gasteiger partial charge in [0.1, 0.15) is 0 Å². The topological polar surface area (TPSA) is 29.3 Å². The molecule has 18 heavy (non-hydrogen) atoms. The lowest BCUT2D eigenvalue weighted by Gasteiger charge is -2.34. The lowest BCUT2D eigenvalue weighted by molar-refractivity contribution is 0.148. The molecule has 2 nitrogen and oxygen atoms in total. The van der Waals surface area contributed by atoms with Crippen LogP contribution in [0.25, 0.3) is 0 Å². The first-order valence-corrected chi connectivity index (χ1v) is 7.22. The van der Waals surface area contributed by atoms with Gasteiger partial charge >= 0.3 is 0 Å². The van der Waals surface area contributed by atoms with Crippen molar-refractivity contribution in [2.24, 2.45) is 11.7 Å². The van der Waals surface area contributed by atoms with Crippen molar-refractivity contribution >= 4 is 0 Å². The quantitative estimate of drug-likeness (QED) is 0.865. The molecular weight excluding hydrogens is 220 g/mol. The molecule has 0 amide bonds. The van der Waals surface area contributed by atoms with Gasteiger partial charge in [-0.05, 0) is 37.3 Å². The number of nitrogens with two attached hydrogens (primary N) is 1. The Hall–Kier alpha value is -0.860. The minimum Gasteiger partial charge on any atom is -0.329 e. The number of benzene rings is 1. The second-order valence-electron chi connectivity index (χ2n) is 5.77. The third-order valence-electron chi connectivity index (χ3n) is 4.17. The first-order chi connectivity index (χ1) is 8.72. The van der Waals surface area contributed by atoms with E-state index in [1.807, 2.05) is 0 Å². The number of rotatable bonds is 5. The molecule has 1 saturated heterocycles. The molecule has 1 aliphatic heterocycles. The highest BCUT2D eigenvalue weighted by atomic mass is 15.2. The average Bonchev–Trinajstić information content (AvgIpc) is 2.86. The predicted molar refractivity (Wildman–Crippen MR) is 77.6 cm³/mol. The van der Waals surface area contributed by atoms with E-state index in [0.29, 0.717) is 6.04 Å². The molecule has 2 unspecified atom stereocenters. The van der Waals surface area contributed by atoms with Crippen LogP contribution in [0.2, 0.25) is 0 Å². The van der Waals surface area contributed by atoms with Crippen molar-refractivity contribution in [2.75, 3.05) is 13.1 Å². The lowest BCUT2D eigenvalue weighted by atomic mass is 9.98. The molecule has 100 valence electrons. The molecule has 2 atom stereocenters. The highest BCUT2D eigenvalue weighted by Gasteiger charge is 2.31. The Kier molecular flexibility index (Phi) is 4.79. The fourth-order valence-corrected chi connectivity index (χ4v) is 3.21. The van der Waals surface area contributed by atoms with Crippen molar-refractivity contribution in [3.05, 3.63) is 35.9 Å². The lowest BCUT2D eigenvalue weighted by Crippen LogP contribution is -2.46. The van der Waals surface area contributed by atoms with Crippen LogP contribution in [-0.2, 0) is 6.42 Å². The summed E-state index contributed by atoms with van der Waals surface area (Å²) in [6.07, 6.45) is 3.75. The van der Waals surface area contributed by atoms with Gasteiger partial charge in [-0.2, -0.15) is 0 Å². The first-order valence-electron chi connectivity index (χ1n) is 7.22. The van der Waals surface area contributed by atoms with Crippen molar-refractivity contribution in [1.82, 2.24) is 4.90 Å². The van der Waals surface area contributed by atoms with Crippen LogP contribution in [0.3, 0.4) is 0 Å². The molecule has 1 aromatic carbocycles. The zero-order valence-corrected chi connectivity index (χ0v) is 11.7. The smallest absolute Gasteiger partial charge is 0.0261 e. The number of hydrogen-bond acceptors (Lipinski definition) is 2. The highest BCUT2D eigenvalue weighted by Crippen LogP contribution is 2.26. The van der Waals surface area contributed by atoms with Gasteiger partial charge in [0.2, 0.25) is 0 Å². The van der Waals surface area contributed by atoms with Crippen molar-refractivity contribution in [3.8, 4) is 0 Å². The molecule has 0 spiro atoms. The molecule has 0 aliphatic carbocycles. The summed E-state index contributed by atoms with van der Waals surface area (Å²) in [5, 5.41) is 0. The van der Waals surface area contributed by atoms with E-state index in [-0.39, 0.29) is 0 Å².